The van der Waals surface area contributed by atoms with E-state index >= 15 is 0 Å². The van der Waals surface area contributed by atoms with Crippen molar-refractivity contribution in [3.63, 3.8) is 0 Å². The second kappa shape index (κ2) is 15.7. The molecule has 0 bridgehead atoms. The molecule has 186 valence electrons. The van der Waals surface area contributed by atoms with Gasteiger partial charge in [-0.1, -0.05) is 136 Å². The van der Waals surface area contributed by atoms with Crippen LogP contribution in [0.5, 0.6) is 0 Å². The summed E-state index contributed by atoms with van der Waals surface area (Å²) in [6, 6.07) is 0. The summed E-state index contributed by atoms with van der Waals surface area (Å²) < 4.78 is 0. The van der Waals surface area contributed by atoms with Crippen LogP contribution in [0.2, 0.25) is 0 Å². The molecule has 0 aromatic rings. The third kappa shape index (κ3) is 30.2. The zero-order valence-corrected chi connectivity index (χ0v) is 24.8. The van der Waals surface area contributed by atoms with Crippen LogP contribution >= 0.6 is 0 Å². The van der Waals surface area contributed by atoms with Crippen LogP contribution in [0.1, 0.15) is 162 Å². The van der Waals surface area contributed by atoms with Gasteiger partial charge in [-0.3, -0.25) is 0 Å². The molecular weight excluding hydrogens is 360 g/mol. The Hall–Kier alpha value is 0. The van der Waals surface area contributed by atoms with Gasteiger partial charge in [-0.2, -0.15) is 0 Å². The van der Waals surface area contributed by atoms with E-state index in [2.05, 4.69) is 111 Å². The van der Waals surface area contributed by atoms with Crippen molar-refractivity contribution in [2.75, 3.05) is 0 Å². The second-order valence-corrected chi connectivity index (χ2v) is 14.3. The Morgan fingerprint density at radius 3 is 1.07 bits per heavy atom. The Labute approximate surface area is 195 Å². The van der Waals surface area contributed by atoms with Crippen molar-refractivity contribution in [1.29, 1.82) is 0 Å². The molecule has 0 saturated heterocycles. The maximum atomic E-state index is 2.32. The molecule has 0 heteroatoms. The lowest BCUT2D eigenvalue weighted by atomic mass is 9.81. The molecule has 0 amide bonds. The number of hydrogen-bond donors (Lipinski definition) is 0. The lowest BCUT2D eigenvalue weighted by Crippen LogP contribution is -2.15. The molecule has 0 aromatic carbocycles. The molecule has 0 radical (unpaired) electrons. The van der Waals surface area contributed by atoms with Crippen molar-refractivity contribution in [1.82, 2.24) is 0 Å². The highest BCUT2D eigenvalue weighted by atomic mass is 14.4. The van der Waals surface area contributed by atoms with Gasteiger partial charge < -0.3 is 0 Å². The minimum absolute atomic E-state index is 0.509. The van der Waals surface area contributed by atoms with E-state index in [0.717, 1.165) is 11.8 Å². The van der Waals surface area contributed by atoms with Crippen LogP contribution in [-0.2, 0) is 0 Å². The summed E-state index contributed by atoms with van der Waals surface area (Å²) in [5.74, 6) is 1.90. The summed E-state index contributed by atoms with van der Waals surface area (Å²) in [6.45, 7) is 36.6. The van der Waals surface area contributed by atoms with E-state index in [1.54, 1.807) is 0 Å². The van der Waals surface area contributed by atoms with Crippen molar-refractivity contribution >= 4 is 0 Å². The van der Waals surface area contributed by atoms with Gasteiger partial charge in [0, 0.05) is 0 Å². The van der Waals surface area contributed by atoms with Gasteiger partial charge in [0.05, 0.1) is 0 Å². The number of rotatable bonds is 4. The quantitative estimate of drug-likeness (QED) is 0.419. The predicted octanol–water partition coefficient (Wildman–Crippen LogP) is 11.6. The first-order valence-corrected chi connectivity index (χ1v) is 13.2. The molecular formula is C30H66. The van der Waals surface area contributed by atoms with E-state index in [1.165, 1.54) is 51.4 Å². The van der Waals surface area contributed by atoms with E-state index in [-0.39, 0.29) is 0 Å². The van der Waals surface area contributed by atoms with Crippen LogP contribution in [-0.4, -0.2) is 0 Å². The Balaban J connectivity index is -0.000000324. The number of unbranched alkanes of at least 4 members (excludes halogenated alkanes) is 1. The van der Waals surface area contributed by atoms with Gasteiger partial charge >= 0.3 is 0 Å². The zero-order valence-electron chi connectivity index (χ0n) is 24.8. The van der Waals surface area contributed by atoms with Crippen molar-refractivity contribution in [2.45, 2.75) is 162 Å². The molecule has 1 saturated carbocycles. The van der Waals surface area contributed by atoms with Gasteiger partial charge in [-0.25, -0.2) is 0 Å². The minimum Gasteiger partial charge on any atom is -0.0654 e. The van der Waals surface area contributed by atoms with Gasteiger partial charge in [0.2, 0.25) is 0 Å². The summed E-state index contributed by atoms with van der Waals surface area (Å²) in [4.78, 5) is 0. The molecule has 0 heterocycles. The zero-order chi connectivity index (χ0) is 24.8. The summed E-state index contributed by atoms with van der Waals surface area (Å²) >= 11 is 0. The summed E-state index contributed by atoms with van der Waals surface area (Å²) in [5.41, 5.74) is 2.22. The molecule has 1 aliphatic carbocycles. The largest absolute Gasteiger partial charge is 0.0654 e. The summed E-state index contributed by atoms with van der Waals surface area (Å²) in [7, 11) is 0. The van der Waals surface area contributed by atoms with E-state index < -0.39 is 0 Å². The third-order valence-electron chi connectivity index (χ3n) is 6.17. The fourth-order valence-electron chi connectivity index (χ4n) is 3.02. The molecule has 0 aliphatic heterocycles. The van der Waals surface area contributed by atoms with Crippen LogP contribution in [0.15, 0.2) is 0 Å². The van der Waals surface area contributed by atoms with Crippen LogP contribution < -0.4 is 0 Å². The average Bonchev–Trinajstić information content (AvgIpc) is 3.35. The highest BCUT2D eigenvalue weighted by molar-refractivity contribution is 4.84. The number of hydrogen-bond acceptors (Lipinski definition) is 0. The van der Waals surface area contributed by atoms with Crippen molar-refractivity contribution in [2.24, 2.45) is 33.5 Å². The van der Waals surface area contributed by atoms with E-state index in [4.69, 9.17) is 0 Å². The van der Waals surface area contributed by atoms with Gasteiger partial charge in [-0.05, 0) is 59.2 Å². The molecule has 1 fully saturated rings. The predicted molar refractivity (Wildman–Crippen MR) is 144 cm³/mol. The monoisotopic (exact) mass is 427 g/mol. The van der Waals surface area contributed by atoms with Crippen LogP contribution in [0.4, 0.5) is 0 Å². The van der Waals surface area contributed by atoms with E-state index in [9.17, 15) is 0 Å². The minimum atomic E-state index is 0.509. The van der Waals surface area contributed by atoms with Gasteiger partial charge in [0.15, 0.2) is 0 Å². The molecule has 1 rings (SSSR count). The molecule has 0 spiro atoms. The van der Waals surface area contributed by atoms with E-state index in [1.807, 2.05) is 0 Å². The molecule has 0 N–H and O–H groups in total. The first-order chi connectivity index (χ1) is 13.2. The molecule has 1 aliphatic rings. The molecule has 0 aromatic heterocycles. The smallest absolute Gasteiger partial charge is 0.0354 e. The maximum absolute atomic E-state index is 2.32. The van der Waals surface area contributed by atoms with Crippen LogP contribution in [0, 0.1) is 33.5 Å². The lowest BCUT2D eigenvalue weighted by molar-refractivity contribution is 0.254. The van der Waals surface area contributed by atoms with Crippen molar-refractivity contribution in [3.05, 3.63) is 0 Å². The molecule has 0 nitrogen and oxygen atoms in total. The SMILES string of the molecule is CC(C)(C)C1CC1.CCC(C)C(C)(C)C.CCCC(C)(C)C.CCCCC(C)(C)C. The van der Waals surface area contributed by atoms with Crippen molar-refractivity contribution < 1.29 is 0 Å². The van der Waals surface area contributed by atoms with Gasteiger partial charge in [0.25, 0.3) is 0 Å². The second-order valence-electron chi connectivity index (χ2n) is 14.3. The first kappa shape index (κ1) is 34.6. The van der Waals surface area contributed by atoms with E-state index in [0.29, 0.717) is 21.7 Å². The Morgan fingerprint density at radius 2 is 1.03 bits per heavy atom. The summed E-state index contributed by atoms with van der Waals surface area (Å²) in [6.07, 6.45) is 11.0. The molecule has 30 heavy (non-hydrogen) atoms. The van der Waals surface area contributed by atoms with Crippen molar-refractivity contribution in [3.8, 4) is 0 Å². The van der Waals surface area contributed by atoms with Gasteiger partial charge in [-0.15, -0.1) is 0 Å². The molecule has 1 atom stereocenters. The third-order valence-corrected chi connectivity index (χ3v) is 6.17. The van der Waals surface area contributed by atoms with Crippen LogP contribution in [0.25, 0.3) is 0 Å². The normalized spacial score (nSPS) is 15.6. The average molecular weight is 427 g/mol. The Bertz CT molecular complexity index is 357. The van der Waals surface area contributed by atoms with Gasteiger partial charge in [0.1, 0.15) is 0 Å². The fourth-order valence-corrected chi connectivity index (χ4v) is 3.02. The highest BCUT2D eigenvalue weighted by Crippen LogP contribution is 2.44. The first-order valence-electron chi connectivity index (χ1n) is 13.2. The Morgan fingerprint density at radius 1 is 0.633 bits per heavy atom. The Kier molecular flexibility index (Phi) is 18.2. The lowest BCUT2D eigenvalue weighted by Gasteiger charge is -2.25. The summed E-state index contributed by atoms with van der Waals surface area (Å²) in [5, 5.41) is 0. The fraction of sp³-hybridized carbons (Fsp3) is 1.00. The standard InChI is InChI=1S/2C8H18.C7H14.C7H16/c1-6-7(2)8(3,4)5;1-5-6-7-8(2,3)4;1-7(2,3)6-4-5-6;1-5-6-7(2,3)4/h7H,6H2,1-5H3;5-7H2,1-4H3;6H,4-5H2,1-3H3;5-6H2,1-4H3. The maximum Gasteiger partial charge on any atom is -0.0354 e. The van der Waals surface area contributed by atoms with Crippen LogP contribution in [0.3, 0.4) is 0 Å². The molecule has 1 unspecified atom stereocenters. The topological polar surface area (TPSA) is 0 Å². The highest BCUT2D eigenvalue weighted by Gasteiger charge is 2.33.